The summed E-state index contributed by atoms with van der Waals surface area (Å²) < 4.78 is 0. The molecule has 0 fully saturated rings. The molecule has 1 atom stereocenters. The molecule has 3 rings (SSSR count). The number of hydrogen-bond donors (Lipinski definition) is 3. The number of anilines is 1. The number of carboxylic acids is 1. The third-order valence-electron chi connectivity index (χ3n) is 5.36. The predicted octanol–water partition coefficient (Wildman–Crippen LogP) is 4.32. The molecule has 6 nitrogen and oxygen atoms in total. The number of Topliss-reactive ketones (excluding diaryl/α,β-unsaturated/α-hetero) is 1. The van der Waals surface area contributed by atoms with Gasteiger partial charge in [-0.3, -0.25) is 4.79 Å². The summed E-state index contributed by atoms with van der Waals surface area (Å²) >= 11 is 0. The average Bonchev–Trinajstić information content (AvgIpc) is 2.75. The standard InChI is InChI=1S/C25H25NO5/c1-15-22(12-11-21(16(2)27)23(15)28)26(3)14-17-7-9-18(10-8-17)24(29)19-5-4-6-20(13-19)25(30)31/h4-13,24,28-29H,14H2,1-3H3,(H,30,31). The fourth-order valence-electron chi connectivity index (χ4n) is 3.59. The van der Waals surface area contributed by atoms with E-state index in [4.69, 9.17) is 5.11 Å². The van der Waals surface area contributed by atoms with Crippen molar-refractivity contribution in [2.24, 2.45) is 0 Å². The Balaban J connectivity index is 1.76. The normalized spacial score (nSPS) is 11.7. The molecule has 0 aliphatic rings. The molecule has 160 valence electrons. The van der Waals surface area contributed by atoms with Gasteiger partial charge in [0.25, 0.3) is 0 Å². The van der Waals surface area contributed by atoms with E-state index in [1.165, 1.54) is 19.1 Å². The number of carboxylic acid groups (broad SMARTS) is 1. The Morgan fingerprint density at radius 3 is 2.29 bits per heavy atom. The number of nitrogens with zero attached hydrogens (tertiary/aromatic N) is 1. The Labute approximate surface area is 181 Å². The van der Waals surface area contributed by atoms with Crippen LogP contribution in [0.5, 0.6) is 5.75 Å². The number of phenolic OH excluding ortho intramolecular Hbond substituents is 1. The van der Waals surface area contributed by atoms with Crippen LogP contribution in [-0.4, -0.2) is 34.1 Å². The quantitative estimate of drug-likeness (QED) is 0.494. The zero-order valence-electron chi connectivity index (χ0n) is 17.7. The van der Waals surface area contributed by atoms with Crippen molar-refractivity contribution in [1.29, 1.82) is 0 Å². The van der Waals surface area contributed by atoms with Crippen molar-refractivity contribution in [3.8, 4) is 5.75 Å². The first kappa shape index (κ1) is 22.1. The van der Waals surface area contributed by atoms with Crippen LogP contribution in [0.2, 0.25) is 0 Å². The number of aromatic carboxylic acids is 1. The predicted molar refractivity (Wildman–Crippen MR) is 119 cm³/mol. The summed E-state index contributed by atoms with van der Waals surface area (Å²) in [4.78, 5) is 24.7. The minimum absolute atomic E-state index is 0.00101. The summed E-state index contributed by atoms with van der Waals surface area (Å²) in [7, 11) is 1.90. The maximum Gasteiger partial charge on any atom is 0.335 e. The molecule has 0 heterocycles. The summed E-state index contributed by atoms with van der Waals surface area (Å²) in [5.74, 6) is -1.22. The Morgan fingerprint density at radius 2 is 1.68 bits per heavy atom. The van der Waals surface area contributed by atoms with Crippen LogP contribution < -0.4 is 4.90 Å². The maximum absolute atomic E-state index is 11.6. The molecule has 0 spiro atoms. The number of carbonyl (C=O) groups excluding carboxylic acids is 1. The first-order chi connectivity index (χ1) is 14.7. The number of aromatic hydroxyl groups is 1. The van der Waals surface area contributed by atoms with Crippen molar-refractivity contribution in [3.05, 3.63) is 94.0 Å². The highest BCUT2D eigenvalue weighted by molar-refractivity contribution is 5.97. The molecule has 3 N–H and O–H groups in total. The largest absolute Gasteiger partial charge is 0.507 e. The number of rotatable bonds is 7. The van der Waals surface area contributed by atoms with Crippen LogP contribution in [0, 0.1) is 6.92 Å². The lowest BCUT2D eigenvalue weighted by molar-refractivity contribution is 0.0696. The monoisotopic (exact) mass is 419 g/mol. The molecule has 3 aromatic carbocycles. The molecule has 0 radical (unpaired) electrons. The molecule has 0 bridgehead atoms. The smallest absolute Gasteiger partial charge is 0.335 e. The number of carbonyl (C=O) groups is 2. The van der Waals surface area contributed by atoms with Crippen LogP contribution >= 0.6 is 0 Å². The first-order valence-electron chi connectivity index (χ1n) is 9.84. The second-order valence-corrected chi connectivity index (χ2v) is 7.59. The molecule has 1 unspecified atom stereocenters. The lowest BCUT2D eigenvalue weighted by Gasteiger charge is -2.23. The van der Waals surface area contributed by atoms with E-state index in [-0.39, 0.29) is 17.1 Å². The van der Waals surface area contributed by atoms with Crippen LogP contribution in [0.3, 0.4) is 0 Å². The van der Waals surface area contributed by atoms with Crippen molar-refractivity contribution in [3.63, 3.8) is 0 Å². The number of hydrogen-bond acceptors (Lipinski definition) is 5. The van der Waals surface area contributed by atoms with Gasteiger partial charge < -0.3 is 20.2 Å². The van der Waals surface area contributed by atoms with Crippen LogP contribution in [0.4, 0.5) is 5.69 Å². The first-order valence-corrected chi connectivity index (χ1v) is 9.84. The molecule has 0 aliphatic carbocycles. The van der Waals surface area contributed by atoms with Gasteiger partial charge in [-0.05, 0) is 54.8 Å². The average molecular weight is 419 g/mol. The zero-order valence-corrected chi connectivity index (χ0v) is 17.7. The maximum atomic E-state index is 11.6. The topological polar surface area (TPSA) is 98.1 Å². The molecule has 3 aromatic rings. The van der Waals surface area contributed by atoms with Crippen molar-refractivity contribution < 1.29 is 24.9 Å². The summed E-state index contributed by atoms with van der Waals surface area (Å²) in [6, 6.07) is 17.1. The SMILES string of the molecule is CC(=O)c1ccc(N(C)Cc2ccc(C(O)c3cccc(C(=O)O)c3)cc2)c(C)c1O. The van der Waals surface area contributed by atoms with Crippen molar-refractivity contribution >= 4 is 17.4 Å². The Kier molecular flexibility index (Phi) is 6.42. The van der Waals surface area contributed by atoms with Crippen molar-refractivity contribution in [2.45, 2.75) is 26.5 Å². The van der Waals surface area contributed by atoms with E-state index < -0.39 is 12.1 Å². The number of aliphatic hydroxyl groups is 1. The highest BCUT2D eigenvalue weighted by Gasteiger charge is 2.16. The van der Waals surface area contributed by atoms with Gasteiger partial charge in [0.05, 0.1) is 11.1 Å². The minimum atomic E-state index is -1.04. The van der Waals surface area contributed by atoms with Crippen LogP contribution in [0.25, 0.3) is 0 Å². The Bertz CT molecular complexity index is 1120. The fraction of sp³-hybridized carbons (Fsp3) is 0.200. The van der Waals surface area contributed by atoms with E-state index >= 15 is 0 Å². The van der Waals surface area contributed by atoms with E-state index in [9.17, 15) is 19.8 Å². The molecule has 0 saturated heterocycles. The van der Waals surface area contributed by atoms with Gasteiger partial charge in [0.15, 0.2) is 5.78 Å². The summed E-state index contributed by atoms with van der Waals surface area (Å²) in [5, 5.41) is 30.1. The van der Waals surface area contributed by atoms with Gasteiger partial charge in [-0.25, -0.2) is 4.79 Å². The molecule has 31 heavy (non-hydrogen) atoms. The number of aliphatic hydroxyl groups excluding tert-OH is 1. The van der Waals surface area contributed by atoms with E-state index in [2.05, 4.69) is 0 Å². The summed E-state index contributed by atoms with van der Waals surface area (Å²) in [6.45, 7) is 3.76. The second-order valence-electron chi connectivity index (χ2n) is 7.59. The molecular weight excluding hydrogens is 394 g/mol. The lowest BCUT2D eigenvalue weighted by Crippen LogP contribution is -2.18. The molecule has 0 aromatic heterocycles. The fourth-order valence-corrected chi connectivity index (χ4v) is 3.59. The third-order valence-corrected chi connectivity index (χ3v) is 5.36. The van der Waals surface area contributed by atoms with Gasteiger partial charge in [0.1, 0.15) is 11.9 Å². The van der Waals surface area contributed by atoms with Crippen LogP contribution in [-0.2, 0) is 6.54 Å². The Morgan fingerprint density at radius 1 is 1.00 bits per heavy atom. The van der Waals surface area contributed by atoms with E-state index in [1.807, 2.05) is 42.3 Å². The summed E-state index contributed by atoms with van der Waals surface area (Å²) in [5.41, 5.74) is 4.06. The molecule has 6 heteroatoms. The van der Waals surface area contributed by atoms with Gasteiger partial charge in [0.2, 0.25) is 0 Å². The summed E-state index contributed by atoms with van der Waals surface area (Å²) in [6.07, 6.45) is -0.926. The molecular formula is C25H25NO5. The molecule has 0 aliphatic heterocycles. The van der Waals surface area contributed by atoms with Gasteiger partial charge in [-0.15, -0.1) is 0 Å². The number of phenols is 1. The Hall–Kier alpha value is -3.64. The van der Waals surface area contributed by atoms with E-state index in [0.717, 1.165) is 11.3 Å². The van der Waals surface area contributed by atoms with Gasteiger partial charge in [0, 0.05) is 24.8 Å². The highest BCUT2D eigenvalue weighted by Crippen LogP contribution is 2.32. The van der Waals surface area contributed by atoms with Crippen molar-refractivity contribution in [1.82, 2.24) is 0 Å². The second kappa shape index (κ2) is 9.02. The zero-order chi connectivity index (χ0) is 22.7. The van der Waals surface area contributed by atoms with Gasteiger partial charge >= 0.3 is 5.97 Å². The molecule has 0 saturated carbocycles. The van der Waals surface area contributed by atoms with Gasteiger partial charge in [-0.2, -0.15) is 0 Å². The number of ketones is 1. The lowest BCUT2D eigenvalue weighted by atomic mass is 9.98. The van der Waals surface area contributed by atoms with E-state index in [0.29, 0.717) is 28.8 Å². The van der Waals surface area contributed by atoms with Gasteiger partial charge in [-0.1, -0.05) is 36.4 Å². The van der Waals surface area contributed by atoms with Crippen LogP contribution in [0.1, 0.15) is 56.0 Å². The minimum Gasteiger partial charge on any atom is -0.507 e. The number of benzene rings is 3. The highest BCUT2D eigenvalue weighted by atomic mass is 16.4. The van der Waals surface area contributed by atoms with Crippen molar-refractivity contribution in [2.75, 3.05) is 11.9 Å². The third kappa shape index (κ3) is 4.75. The van der Waals surface area contributed by atoms with E-state index in [1.54, 1.807) is 25.1 Å². The molecule has 0 amide bonds. The van der Waals surface area contributed by atoms with Crippen LogP contribution in [0.15, 0.2) is 60.7 Å².